The van der Waals surface area contributed by atoms with Gasteiger partial charge in [-0.3, -0.25) is 14.3 Å². The van der Waals surface area contributed by atoms with Crippen LogP contribution in [-0.2, 0) is 6.54 Å². The molecule has 4 aromatic heterocycles. The number of fused-ring (bicyclic) bond motifs is 1. The summed E-state index contributed by atoms with van der Waals surface area (Å²) in [7, 11) is 0. The summed E-state index contributed by atoms with van der Waals surface area (Å²) in [5.74, 6) is 0.377. The fraction of sp³-hybridized carbons (Fsp3) is 0.0500. The van der Waals surface area contributed by atoms with Gasteiger partial charge in [-0.15, -0.1) is 0 Å². The number of H-pyrrole nitrogens is 1. The SMILES string of the molecule is O=C(Nc1ccccc1-n1ncc2c(=O)[nH]cnc21)c1ccc(Cn2cccn2)o1. The van der Waals surface area contributed by atoms with Crippen LogP contribution >= 0.6 is 0 Å². The van der Waals surface area contributed by atoms with Crippen LogP contribution in [0.5, 0.6) is 0 Å². The number of carbonyl (C=O) groups excluding carboxylic acids is 1. The van der Waals surface area contributed by atoms with Crippen molar-refractivity contribution in [2.24, 2.45) is 0 Å². The fourth-order valence-corrected chi connectivity index (χ4v) is 3.12. The molecule has 1 aromatic carbocycles. The maximum absolute atomic E-state index is 12.7. The topological polar surface area (TPSA) is 124 Å². The lowest BCUT2D eigenvalue weighted by molar-refractivity contribution is 0.0994. The summed E-state index contributed by atoms with van der Waals surface area (Å²) in [4.78, 5) is 31.4. The van der Waals surface area contributed by atoms with Gasteiger partial charge in [0.05, 0.1) is 30.4 Å². The standard InChI is InChI=1S/C20H15N7O3/c28-19-14-10-24-27(18(14)21-12-22-19)16-5-2-1-4-15(16)25-20(29)17-7-6-13(30-17)11-26-9-3-8-23-26/h1-10,12H,11H2,(H,25,29)(H,21,22,28). The van der Waals surface area contributed by atoms with Gasteiger partial charge in [-0.1, -0.05) is 12.1 Å². The van der Waals surface area contributed by atoms with Gasteiger partial charge in [0, 0.05) is 12.4 Å². The molecule has 0 aliphatic carbocycles. The third-order valence-corrected chi connectivity index (χ3v) is 4.51. The lowest BCUT2D eigenvalue weighted by Crippen LogP contribution is -2.14. The van der Waals surface area contributed by atoms with Crippen LogP contribution in [0, 0.1) is 0 Å². The number of carbonyl (C=O) groups is 1. The molecule has 0 saturated carbocycles. The predicted octanol–water partition coefficient (Wildman–Crippen LogP) is 2.20. The Bertz CT molecular complexity index is 1400. The van der Waals surface area contributed by atoms with Gasteiger partial charge < -0.3 is 14.7 Å². The molecule has 1 amide bonds. The molecule has 0 fully saturated rings. The average Bonchev–Trinajstić information content (AvgIpc) is 3.50. The summed E-state index contributed by atoms with van der Waals surface area (Å²) >= 11 is 0. The minimum Gasteiger partial charge on any atom is -0.454 e. The molecule has 0 aliphatic rings. The molecule has 0 radical (unpaired) electrons. The van der Waals surface area contributed by atoms with Crippen LogP contribution in [0.15, 0.2) is 76.6 Å². The monoisotopic (exact) mass is 401 g/mol. The van der Waals surface area contributed by atoms with E-state index in [2.05, 4.69) is 25.5 Å². The summed E-state index contributed by atoms with van der Waals surface area (Å²) in [6.07, 6.45) is 6.24. The number of hydrogen-bond acceptors (Lipinski definition) is 6. The zero-order valence-corrected chi connectivity index (χ0v) is 15.5. The summed E-state index contributed by atoms with van der Waals surface area (Å²) < 4.78 is 8.86. The Kier molecular flexibility index (Phi) is 4.21. The largest absolute Gasteiger partial charge is 0.454 e. The van der Waals surface area contributed by atoms with Gasteiger partial charge in [-0.05, 0) is 30.3 Å². The number of rotatable bonds is 5. The van der Waals surface area contributed by atoms with Crippen LogP contribution in [0.25, 0.3) is 16.7 Å². The van der Waals surface area contributed by atoms with E-state index in [9.17, 15) is 9.59 Å². The first kappa shape index (κ1) is 17.6. The van der Waals surface area contributed by atoms with Crippen LogP contribution in [0.1, 0.15) is 16.3 Å². The highest BCUT2D eigenvalue weighted by molar-refractivity contribution is 6.03. The molecular weight excluding hydrogens is 386 g/mol. The Morgan fingerprint density at radius 2 is 2.03 bits per heavy atom. The van der Waals surface area contributed by atoms with Crippen LogP contribution < -0.4 is 10.9 Å². The van der Waals surface area contributed by atoms with Crippen LogP contribution in [0.3, 0.4) is 0 Å². The second kappa shape index (κ2) is 7.17. The van der Waals surface area contributed by atoms with Crippen molar-refractivity contribution in [3.8, 4) is 5.69 Å². The molecule has 10 nitrogen and oxygen atoms in total. The van der Waals surface area contributed by atoms with Crippen LogP contribution in [0.4, 0.5) is 5.69 Å². The minimum absolute atomic E-state index is 0.173. The van der Waals surface area contributed by atoms with E-state index in [-0.39, 0.29) is 11.3 Å². The highest BCUT2D eigenvalue weighted by atomic mass is 16.4. The molecule has 2 N–H and O–H groups in total. The van der Waals surface area contributed by atoms with Crippen LogP contribution in [0.2, 0.25) is 0 Å². The molecule has 5 aromatic rings. The number of amides is 1. The second-order valence-corrected chi connectivity index (χ2v) is 6.47. The number of aromatic amines is 1. The number of benzene rings is 1. The first-order valence-electron chi connectivity index (χ1n) is 9.07. The van der Waals surface area contributed by atoms with Gasteiger partial charge in [-0.25, -0.2) is 9.67 Å². The number of anilines is 1. The van der Waals surface area contributed by atoms with Crippen LogP contribution in [-0.4, -0.2) is 35.4 Å². The highest BCUT2D eigenvalue weighted by Gasteiger charge is 2.16. The van der Waals surface area contributed by atoms with Gasteiger partial charge in [0.15, 0.2) is 11.4 Å². The quantitative estimate of drug-likeness (QED) is 0.465. The molecule has 0 spiro atoms. The van der Waals surface area contributed by atoms with E-state index in [0.717, 1.165) is 0 Å². The average molecular weight is 401 g/mol. The normalized spacial score (nSPS) is 11.1. The number of furan rings is 1. The van der Waals surface area contributed by atoms with Crippen molar-refractivity contribution in [3.05, 3.63) is 89.3 Å². The summed E-state index contributed by atoms with van der Waals surface area (Å²) in [6, 6.07) is 12.3. The predicted molar refractivity (Wildman–Crippen MR) is 107 cm³/mol. The number of nitrogens with zero attached hydrogens (tertiary/aromatic N) is 5. The Hall–Kier alpha value is -4.47. The summed E-state index contributed by atoms with van der Waals surface area (Å²) in [6.45, 7) is 0.427. The first-order chi connectivity index (χ1) is 14.7. The zero-order chi connectivity index (χ0) is 20.5. The summed E-state index contributed by atoms with van der Waals surface area (Å²) in [5.41, 5.74) is 1.18. The lowest BCUT2D eigenvalue weighted by Gasteiger charge is -2.10. The molecule has 0 aliphatic heterocycles. The first-order valence-corrected chi connectivity index (χ1v) is 9.07. The van der Waals surface area contributed by atoms with E-state index in [1.165, 1.54) is 17.2 Å². The Labute approximate surface area is 168 Å². The molecule has 5 rings (SSSR count). The molecule has 148 valence electrons. The molecule has 0 unspecified atom stereocenters. The number of para-hydroxylation sites is 2. The van der Waals surface area contributed by atoms with Crippen molar-refractivity contribution < 1.29 is 9.21 Å². The van der Waals surface area contributed by atoms with E-state index in [4.69, 9.17) is 4.42 Å². The third kappa shape index (κ3) is 3.15. The van der Waals surface area contributed by atoms with E-state index in [0.29, 0.717) is 34.7 Å². The van der Waals surface area contributed by atoms with Crippen molar-refractivity contribution >= 4 is 22.6 Å². The molecule has 0 bridgehead atoms. The van der Waals surface area contributed by atoms with E-state index < -0.39 is 5.91 Å². The van der Waals surface area contributed by atoms with Gasteiger partial charge >= 0.3 is 0 Å². The minimum atomic E-state index is -0.406. The Morgan fingerprint density at radius 1 is 1.13 bits per heavy atom. The fourth-order valence-electron chi connectivity index (χ4n) is 3.12. The van der Waals surface area contributed by atoms with Gasteiger partial charge in [-0.2, -0.15) is 10.2 Å². The highest BCUT2D eigenvalue weighted by Crippen LogP contribution is 2.23. The maximum Gasteiger partial charge on any atom is 0.291 e. The van der Waals surface area contributed by atoms with Crippen molar-refractivity contribution in [3.63, 3.8) is 0 Å². The van der Waals surface area contributed by atoms with E-state index in [1.807, 2.05) is 12.3 Å². The third-order valence-electron chi connectivity index (χ3n) is 4.51. The van der Waals surface area contributed by atoms with Crippen molar-refractivity contribution in [1.29, 1.82) is 0 Å². The smallest absolute Gasteiger partial charge is 0.291 e. The van der Waals surface area contributed by atoms with Gasteiger partial charge in [0.25, 0.3) is 11.5 Å². The van der Waals surface area contributed by atoms with Gasteiger partial charge in [0.1, 0.15) is 11.1 Å². The molecule has 10 heteroatoms. The van der Waals surface area contributed by atoms with Gasteiger partial charge in [0.2, 0.25) is 0 Å². The zero-order valence-electron chi connectivity index (χ0n) is 15.5. The van der Waals surface area contributed by atoms with Crippen molar-refractivity contribution in [1.82, 2.24) is 29.5 Å². The molecular formula is C20H15N7O3. The van der Waals surface area contributed by atoms with E-state index >= 15 is 0 Å². The number of nitrogens with one attached hydrogen (secondary N) is 2. The van der Waals surface area contributed by atoms with E-state index in [1.54, 1.807) is 47.3 Å². The number of aromatic nitrogens is 6. The molecule has 0 atom stereocenters. The van der Waals surface area contributed by atoms with Crippen molar-refractivity contribution in [2.75, 3.05) is 5.32 Å². The number of hydrogen-bond donors (Lipinski definition) is 2. The molecule has 4 heterocycles. The Balaban J connectivity index is 1.43. The molecule has 30 heavy (non-hydrogen) atoms. The van der Waals surface area contributed by atoms with Crippen molar-refractivity contribution in [2.45, 2.75) is 6.54 Å². The second-order valence-electron chi connectivity index (χ2n) is 6.47. The maximum atomic E-state index is 12.7. The Morgan fingerprint density at radius 3 is 2.90 bits per heavy atom. The summed E-state index contributed by atoms with van der Waals surface area (Å²) in [5, 5.41) is 11.6. The lowest BCUT2D eigenvalue weighted by atomic mass is 10.2. The molecule has 0 saturated heterocycles.